The summed E-state index contributed by atoms with van der Waals surface area (Å²) in [7, 11) is 0. The van der Waals surface area contributed by atoms with Crippen LogP contribution in [0.3, 0.4) is 0 Å². The SMILES string of the molecule is O=Cc1c(Cl)cc2c(cnn2PI)c1Br. The molecular weight excluding hydrogens is 413 g/mol. The van der Waals surface area contributed by atoms with Crippen LogP contribution in [0.5, 0.6) is 0 Å². The number of halogens is 3. The van der Waals surface area contributed by atoms with Crippen LogP contribution in [0, 0.1) is 0 Å². The Morgan fingerprint density at radius 2 is 2.40 bits per heavy atom. The predicted octanol–water partition coefficient (Wildman–Crippen LogP) is 4.06. The molecule has 1 heterocycles. The lowest BCUT2D eigenvalue weighted by molar-refractivity contribution is 0.112. The van der Waals surface area contributed by atoms with Gasteiger partial charge in [-0.05, 0) is 44.0 Å². The summed E-state index contributed by atoms with van der Waals surface area (Å²) in [6.45, 7) is 0. The van der Waals surface area contributed by atoms with Crippen molar-refractivity contribution in [2.75, 3.05) is 0 Å². The molecule has 0 bridgehead atoms. The fraction of sp³-hybridized carbons (Fsp3) is 0. The molecule has 0 N–H and O–H groups in total. The number of nitrogens with zero attached hydrogens (tertiary/aromatic N) is 2. The molecule has 0 spiro atoms. The second-order valence-electron chi connectivity index (χ2n) is 2.78. The Morgan fingerprint density at radius 3 is 3.00 bits per heavy atom. The maximum atomic E-state index is 10.8. The van der Waals surface area contributed by atoms with Crippen LogP contribution >= 0.6 is 55.9 Å². The minimum Gasteiger partial charge on any atom is -0.298 e. The first-order valence-corrected chi connectivity index (χ1v) is 9.10. The summed E-state index contributed by atoms with van der Waals surface area (Å²) in [6, 6.07) is 1.77. The molecule has 1 atom stereocenters. The number of rotatable bonds is 2. The molecule has 15 heavy (non-hydrogen) atoms. The average molecular weight is 417 g/mol. The van der Waals surface area contributed by atoms with E-state index in [1.165, 1.54) is 0 Å². The number of aldehydes is 1. The normalized spacial score (nSPS) is 11.7. The van der Waals surface area contributed by atoms with Gasteiger partial charge in [-0.25, -0.2) is 4.45 Å². The molecule has 0 aliphatic heterocycles. The van der Waals surface area contributed by atoms with Crippen molar-refractivity contribution >= 4 is 73.1 Å². The van der Waals surface area contributed by atoms with E-state index in [9.17, 15) is 4.79 Å². The van der Waals surface area contributed by atoms with Crippen LogP contribution in [0.25, 0.3) is 10.9 Å². The van der Waals surface area contributed by atoms with Crippen LogP contribution in [0.2, 0.25) is 5.02 Å². The molecule has 7 heteroatoms. The average Bonchev–Trinajstić information content (AvgIpc) is 2.61. The summed E-state index contributed by atoms with van der Waals surface area (Å²) in [6.07, 6.45) is 2.98. The Hall–Kier alpha value is 0.290. The fourth-order valence-corrected chi connectivity index (χ4v) is 3.79. The first-order valence-electron chi connectivity index (χ1n) is 3.86. The van der Waals surface area contributed by atoms with E-state index >= 15 is 0 Å². The van der Waals surface area contributed by atoms with Gasteiger partial charge >= 0.3 is 0 Å². The highest BCUT2D eigenvalue weighted by Gasteiger charge is 2.13. The molecule has 0 saturated carbocycles. The third-order valence-electron chi connectivity index (χ3n) is 2.00. The fourth-order valence-electron chi connectivity index (χ4n) is 1.29. The molecule has 0 fully saturated rings. The molecule has 0 saturated heterocycles. The van der Waals surface area contributed by atoms with Crippen molar-refractivity contribution in [2.24, 2.45) is 0 Å². The Balaban J connectivity index is 2.86. The van der Waals surface area contributed by atoms with E-state index in [1.807, 2.05) is 4.45 Å². The highest BCUT2D eigenvalue weighted by atomic mass is 127. The van der Waals surface area contributed by atoms with Crippen LogP contribution in [0.1, 0.15) is 10.4 Å². The van der Waals surface area contributed by atoms with Gasteiger partial charge in [-0.1, -0.05) is 11.6 Å². The molecule has 0 amide bonds. The lowest BCUT2D eigenvalue weighted by Crippen LogP contribution is -1.87. The van der Waals surface area contributed by atoms with Crippen molar-refractivity contribution in [3.05, 3.63) is 27.3 Å². The first kappa shape index (κ1) is 11.8. The van der Waals surface area contributed by atoms with Crippen LogP contribution in [0.15, 0.2) is 16.7 Å². The number of fused-ring (bicyclic) bond motifs is 1. The van der Waals surface area contributed by atoms with E-state index in [0.29, 0.717) is 21.4 Å². The van der Waals surface area contributed by atoms with Gasteiger partial charge in [0.25, 0.3) is 0 Å². The molecule has 1 unspecified atom stereocenters. The summed E-state index contributed by atoms with van der Waals surface area (Å²) in [5.41, 5.74) is 1.41. The van der Waals surface area contributed by atoms with E-state index in [1.54, 1.807) is 12.3 Å². The van der Waals surface area contributed by atoms with Gasteiger partial charge in [0, 0.05) is 15.4 Å². The zero-order chi connectivity index (χ0) is 11.0. The third-order valence-corrected chi connectivity index (χ3v) is 5.05. The van der Waals surface area contributed by atoms with Gasteiger partial charge in [0.2, 0.25) is 0 Å². The van der Waals surface area contributed by atoms with Crippen molar-refractivity contribution in [3.8, 4) is 0 Å². The van der Waals surface area contributed by atoms with Gasteiger partial charge in [0.05, 0.1) is 23.1 Å². The minimum absolute atomic E-state index is 0.445. The zero-order valence-electron chi connectivity index (χ0n) is 7.17. The van der Waals surface area contributed by atoms with Gasteiger partial charge < -0.3 is 0 Å². The number of carbonyl (C=O) groups is 1. The lowest BCUT2D eigenvalue weighted by atomic mass is 10.2. The van der Waals surface area contributed by atoms with E-state index in [4.69, 9.17) is 11.6 Å². The van der Waals surface area contributed by atoms with Gasteiger partial charge in [0.1, 0.15) is 0 Å². The number of hydrogen-bond donors (Lipinski definition) is 0. The minimum atomic E-state index is 0.445. The Bertz CT molecular complexity index is 545. The van der Waals surface area contributed by atoms with Crippen LogP contribution < -0.4 is 0 Å². The van der Waals surface area contributed by atoms with Gasteiger partial charge in [-0.3, -0.25) is 4.79 Å². The van der Waals surface area contributed by atoms with Crippen molar-refractivity contribution in [2.45, 2.75) is 0 Å². The van der Waals surface area contributed by atoms with Gasteiger partial charge in [0.15, 0.2) is 6.29 Å². The van der Waals surface area contributed by atoms with Crippen molar-refractivity contribution in [1.29, 1.82) is 0 Å². The molecule has 0 radical (unpaired) electrons. The Morgan fingerprint density at radius 1 is 1.67 bits per heavy atom. The summed E-state index contributed by atoms with van der Waals surface area (Å²) in [5.74, 6) is 0. The molecule has 2 rings (SSSR count). The Kier molecular flexibility index (Phi) is 3.65. The van der Waals surface area contributed by atoms with E-state index in [2.05, 4.69) is 43.1 Å². The number of hydrogen-bond acceptors (Lipinski definition) is 2. The third kappa shape index (κ3) is 1.95. The van der Waals surface area contributed by atoms with Crippen molar-refractivity contribution in [3.63, 3.8) is 0 Å². The highest BCUT2D eigenvalue weighted by Crippen LogP contribution is 2.36. The Labute approximate surface area is 114 Å². The predicted molar refractivity (Wildman–Crippen MR) is 75.6 cm³/mol. The van der Waals surface area contributed by atoms with Crippen molar-refractivity contribution in [1.82, 2.24) is 9.55 Å². The number of aromatic nitrogens is 2. The molecule has 2 aromatic rings. The topological polar surface area (TPSA) is 34.9 Å². The standard InChI is InChI=1S/C8H4BrClIN2OP/c9-8-4-2-12-13(15-11)7(4)1-6(10)5(8)3-14/h1-3,15H. The lowest BCUT2D eigenvalue weighted by Gasteiger charge is -2.03. The summed E-state index contributed by atoms with van der Waals surface area (Å²) < 4.78 is 2.56. The van der Waals surface area contributed by atoms with Gasteiger partial charge in [-0.15, -0.1) is 0 Å². The highest BCUT2D eigenvalue weighted by molar-refractivity contribution is 14.2. The maximum Gasteiger partial charge on any atom is 0.152 e. The van der Waals surface area contributed by atoms with Crippen LogP contribution in [-0.4, -0.2) is 15.8 Å². The molecular formula is C8H4BrClIN2OP. The first-order chi connectivity index (χ1) is 7.19. The molecule has 1 aromatic heterocycles. The molecule has 0 aliphatic carbocycles. The number of benzene rings is 1. The monoisotopic (exact) mass is 416 g/mol. The quantitative estimate of drug-likeness (QED) is 0.420. The zero-order valence-corrected chi connectivity index (χ0v) is 12.7. The molecule has 1 aromatic carbocycles. The summed E-state index contributed by atoms with van der Waals surface area (Å²) >= 11 is 11.6. The second kappa shape index (κ2) is 4.65. The van der Waals surface area contributed by atoms with Gasteiger partial charge in [-0.2, -0.15) is 5.10 Å². The maximum absolute atomic E-state index is 10.8. The van der Waals surface area contributed by atoms with Crippen LogP contribution in [0.4, 0.5) is 0 Å². The number of carbonyl (C=O) groups excluding carboxylic acids is 1. The van der Waals surface area contributed by atoms with E-state index in [0.717, 1.165) is 17.2 Å². The molecule has 3 nitrogen and oxygen atoms in total. The second-order valence-corrected chi connectivity index (χ2v) is 6.02. The van der Waals surface area contributed by atoms with Crippen LogP contribution in [-0.2, 0) is 0 Å². The summed E-state index contributed by atoms with van der Waals surface area (Å²) in [5, 5.41) is 5.56. The largest absolute Gasteiger partial charge is 0.298 e. The summed E-state index contributed by atoms with van der Waals surface area (Å²) in [4.78, 5) is 10.8. The van der Waals surface area contributed by atoms with E-state index < -0.39 is 0 Å². The smallest absolute Gasteiger partial charge is 0.152 e. The van der Waals surface area contributed by atoms with Crippen molar-refractivity contribution < 1.29 is 4.79 Å². The molecule has 0 aliphatic rings. The van der Waals surface area contributed by atoms with E-state index in [-0.39, 0.29) is 0 Å². The molecule has 78 valence electrons.